The summed E-state index contributed by atoms with van der Waals surface area (Å²) in [6, 6.07) is 2.09. The van der Waals surface area contributed by atoms with Gasteiger partial charge in [-0.25, -0.2) is 0 Å². The van der Waals surface area contributed by atoms with Crippen molar-refractivity contribution in [1.29, 1.82) is 5.26 Å². The molecule has 1 fully saturated rings. The fourth-order valence-corrected chi connectivity index (χ4v) is 2.26. The van der Waals surface area contributed by atoms with Crippen LogP contribution in [-0.2, 0) is 4.79 Å². The SMILES string of the molecule is CC(C)(C#N)NC(=O)CC1CCCCCC1. The van der Waals surface area contributed by atoms with Crippen LogP contribution in [0.3, 0.4) is 0 Å². The van der Waals surface area contributed by atoms with Crippen LogP contribution in [-0.4, -0.2) is 11.4 Å². The van der Waals surface area contributed by atoms with E-state index in [1.165, 1.54) is 38.5 Å². The minimum absolute atomic E-state index is 0.0263. The summed E-state index contributed by atoms with van der Waals surface area (Å²) in [5, 5.41) is 11.6. The molecule has 0 bridgehead atoms. The molecular formula is C13H22N2O. The fourth-order valence-electron chi connectivity index (χ4n) is 2.26. The molecule has 1 saturated carbocycles. The Labute approximate surface area is 98.2 Å². The van der Waals surface area contributed by atoms with Gasteiger partial charge >= 0.3 is 0 Å². The van der Waals surface area contributed by atoms with Crippen LogP contribution in [0.1, 0.15) is 58.8 Å². The predicted octanol–water partition coefficient (Wildman–Crippen LogP) is 2.77. The molecule has 0 aliphatic heterocycles. The van der Waals surface area contributed by atoms with Crippen LogP contribution in [0.2, 0.25) is 0 Å². The lowest BCUT2D eigenvalue weighted by molar-refractivity contribution is -0.123. The Balaban J connectivity index is 2.36. The molecule has 3 nitrogen and oxygen atoms in total. The van der Waals surface area contributed by atoms with Gasteiger partial charge in [-0.2, -0.15) is 5.26 Å². The maximum Gasteiger partial charge on any atom is 0.221 e. The molecule has 0 aromatic carbocycles. The Morgan fingerprint density at radius 2 is 1.88 bits per heavy atom. The van der Waals surface area contributed by atoms with Gasteiger partial charge in [-0.1, -0.05) is 25.7 Å². The summed E-state index contributed by atoms with van der Waals surface area (Å²) in [6.45, 7) is 3.47. The molecule has 90 valence electrons. The molecule has 0 heterocycles. The normalized spacial score (nSPS) is 18.6. The number of hydrogen-bond donors (Lipinski definition) is 1. The van der Waals surface area contributed by atoms with Gasteiger partial charge < -0.3 is 5.32 Å². The number of carbonyl (C=O) groups excluding carboxylic acids is 1. The number of rotatable bonds is 3. The molecule has 1 aliphatic rings. The van der Waals surface area contributed by atoms with Crippen molar-refractivity contribution in [3.05, 3.63) is 0 Å². The van der Waals surface area contributed by atoms with Crippen molar-refractivity contribution >= 4 is 5.91 Å². The summed E-state index contributed by atoms with van der Waals surface area (Å²) >= 11 is 0. The van der Waals surface area contributed by atoms with E-state index in [1.54, 1.807) is 13.8 Å². The summed E-state index contributed by atoms with van der Waals surface area (Å²) < 4.78 is 0. The first-order chi connectivity index (χ1) is 7.53. The zero-order chi connectivity index (χ0) is 12.0. The highest BCUT2D eigenvalue weighted by Crippen LogP contribution is 2.25. The largest absolute Gasteiger partial charge is 0.338 e. The molecule has 3 heteroatoms. The van der Waals surface area contributed by atoms with E-state index >= 15 is 0 Å². The van der Waals surface area contributed by atoms with Gasteiger partial charge in [0.25, 0.3) is 0 Å². The maximum absolute atomic E-state index is 11.7. The lowest BCUT2D eigenvalue weighted by Gasteiger charge is -2.20. The zero-order valence-electron chi connectivity index (χ0n) is 10.4. The van der Waals surface area contributed by atoms with Crippen molar-refractivity contribution < 1.29 is 4.79 Å². The van der Waals surface area contributed by atoms with Crippen LogP contribution < -0.4 is 5.32 Å². The Morgan fingerprint density at radius 3 is 2.38 bits per heavy atom. The Morgan fingerprint density at radius 1 is 1.31 bits per heavy atom. The molecule has 0 unspecified atom stereocenters. The highest BCUT2D eigenvalue weighted by molar-refractivity contribution is 5.77. The smallest absolute Gasteiger partial charge is 0.221 e. The van der Waals surface area contributed by atoms with Gasteiger partial charge in [-0.15, -0.1) is 0 Å². The highest BCUT2D eigenvalue weighted by atomic mass is 16.1. The van der Waals surface area contributed by atoms with E-state index in [1.807, 2.05) is 0 Å². The van der Waals surface area contributed by atoms with Gasteiger partial charge in [0.15, 0.2) is 0 Å². The number of nitrogens with one attached hydrogen (secondary N) is 1. The second-order valence-corrected chi connectivity index (χ2v) is 5.35. The third-order valence-electron chi connectivity index (χ3n) is 3.18. The molecule has 1 amide bonds. The van der Waals surface area contributed by atoms with Gasteiger partial charge in [-0.3, -0.25) is 4.79 Å². The first-order valence-electron chi connectivity index (χ1n) is 6.26. The van der Waals surface area contributed by atoms with Crippen molar-refractivity contribution in [2.45, 2.75) is 64.3 Å². The predicted molar refractivity (Wildman–Crippen MR) is 63.6 cm³/mol. The molecule has 0 aromatic heterocycles. The average Bonchev–Trinajstić information content (AvgIpc) is 2.45. The van der Waals surface area contributed by atoms with E-state index in [9.17, 15) is 4.79 Å². The number of amides is 1. The second-order valence-electron chi connectivity index (χ2n) is 5.35. The lowest BCUT2D eigenvalue weighted by atomic mass is 9.95. The van der Waals surface area contributed by atoms with Crippen LogP contribution in [0.5, 0.6) is 0 Å². The molecule has 1 N–H and O–H groups in total. The Hall–Kier alpha value is -1.04. The molecule has 0 atom stereocenters. The molecule has 0 saturated heterocycles. The van der Waals surface area contributed by atoms with Crippen molar-refractivity contribution in [2.24, 2.45) is 5.92 Å². The van der Waals surface area contributed by atoms with Crippen LogP contribution in [0, 0.1) is 17.2 Å². The topological polar surface area (TPSA) is 52.9 Å². The third kappa shape index (κ3) is 4.65. The highest BCUT2D eigenvalue weighted by Gasteiger charge is 2.22. The monoisotopic (exact) mass is 222 g/mol. The summed E-state index contributed by atoms with van der Waals surface area (Å²) in [4.78, 5) is 11.7. The Bertz CT molecular complexity index is 270. The minimum Gasteiger partial charge on any atom is -0.338 e. The molecule has 0 spiro atoms. The minimum atomic E-state index is -0.734. The van der Waals surface area contributed by atoms with E-state index in [4.69, 9.17) is 5.26 Å². The summed E-state index contributed by atoms with van der Waals surface area (Å²) in [6.07, 6.45) is 8.04. The molecule has 1 rings (SSSR count). The van der Waals surface area contributed by atoms with E-state index < -0.39 is 5.54 Å². The van der Waals surface area contributed by atoms with Gasteiger partial charge in [0, 0.05) is 6.42 Å². The third-order valence-corrected chi connectivity index (χ3v) is 3.18. The van der Waals surface area contributed by atoms with E-state index in [0.29, 0.717) is 12.3 Å². The molecule has 0 radical (unpaired) electrons. The van der Waals surface area contributed by atoms with E-state index in [2.05, 4.69) is 11.4 Å². The van der Waals surface area contributed by atoms with E-state index in [-0.39, 0.29) is 5.91 Å². The van der Waals surface area contributed by atoms with Crippen LogP contribution in [0.4, 0.5) is 0 Å². The van der Waals surface area contributed by atoms with Gasteiger partial charge in [0.2, 0.25) is 5.91 Å². The zero-order valence-corrected chi connectivity index (χ0v) is 10.4. The number of nitrogens with zero attached hydrogens (tertiary/aromatic N) is 1. The van der Waals surface area contributed by atoms with E-state index in [0.717, 1.165) is 0 Å². The van der Waals surface area contributed by atoms with Crippen LogP contribution >= 0.6 is 0 Å². The average molecular weight is 222 g/mol. The molecule has 1 aliphatic carbocycles. The lowest BCUT2D eigenvalue weighted by Crippen LogP contribution is -2.42. The van der Waals surface area contributed by atoms with Gasteiger partial charge in [0.1, 0.15) is 5.54 Å². The van der Waals surface area contributed by atoms with Crippen molar-refractivity contribution in [2.75, 3.05) is 0 Å². The summed E-state index contributed by atoms with van der Waals surface area (Å²) in [5.41, 5.74) is -0.734. The standard InChI is InChI=1S/C13H22N2O/c1-13(2,10-14)15-12(16)9-11-7-5-3-4-6-8-11/h11H,3-9H2,1-2H3,(H,15,16). The van der Waals surface area contributed by atoms with Gasteiger partial charge in [-0.05, 0) is 32.6 Å². The maximum atomic E-state index is 11.7. The van der Waals surface area contributed by atoms with Crippen LogP contribution in [0.15, 0.2) is 0 Å². The van der Waals surface area contributed by atoms with Crippen molar-refractivity contribution in [3.8, 4) is 6.07 Å². The van der Waals surface area contributed by atoms with Gasteiger partial charge in [0.05, 0.1) is 6.07 Å². The number of carbonyl (C=O) groups is 1. The second kappa shape index (κ2) is 5.89. The van der Waals surface area contributed by atoms with Crippen molar-refractivity contribution in [3.63, 3.8) is 0 Å². The summed E-state index contributed by atoms with van der Waals surface area (Å²) in [5.74, 6) is 0.551. The fraction of sp³-hybridized carbons (Fsp3) is 0.846. The molecule has 16 heavy (non-hydrogen) atoms. The first kappa shape index (κ1) is 13.0. The quantitative estimate of drug-likeness (QED) is 0.746. The number of hydrogen-bond acceptors (Lipinski definition) is 2. The first-order valence-corrected chi connectivity index (χ1v) is 6.26. The number of nitriles is 1. The molecule has 0 aromatic rings. The Kier molecular flexibility index (Phi) is 4.79. The van der Waals surface area contributed by atoms with Crippen LogP contribution in [0.25, 0.3) is 0 Å². The summed E-state index contributed by atoms with van der Waals surface area (Å²) in [7, 11) is 0. The molecular weight excluding hydrogens is 200 g/mol. The van der Waals surface area contributed by atoms with Crippen molar-refractivity contribution in [1.82, 2.24) is 5.32 Å².